The molecule has 0 fully saturated rings. The summed E-state index contributed by atoms with van der Waals surface area (Å²) in [7, 11) is 1.33. The highest BCUT2D eigenvalue weighted by atomic mass is 32.1. The lowest BCUT2D eigenvalue weighted by Crippen LogP contribution is -2.20. The molecule has 0 amide bonds. The van der Waals surface area contributed by atoms with Crippen molar-refractivity contribution in [3.63, 3.8) is 0 Å². The standard InChI is InChI=1S/C18H17F3N2O3S2/c1-25-16(24)14-12-4-2-3-5-13(12)28-15(14)23-17(27)22-10-6-8-11(9-7-10)26-18(19,20)21/h6-9H,2-5H2,1H3,(H2,22,23,27). The highest BCUT2D eigenvalue weighted by molar-refractivity contribution is 7.80. The van der Waals surface area contributed by atoms with Gasteiger partial charge in [0.1, 0.15) is 10.8 Å². The number of benzene rings is 1. The molecule has 150 valence electrons. The number of aryl methyl sites for hydroxylation is 1. The van der Waals surface area contributed by atoms with Crippen LogP contribution in [0.15, 0.2) is 24.3 Å². The molecule has 5 nitrogen and oxygen atoms in total. The average molecular weight is 430 g/mol. The number of anilines is 2. The minimum Gasteiger partial charge on any atom is -0.465 e. The molecule has 1 heterocycles. The molecule has 0 aliphatic heterocycles. The van der Waals surface area contributed by atoms with Crippen molar-refractivity contribution in [2.24, 2.45) is 0 Å². The molecule has 0 spiro atoms. The monoisotopic (exact) mass is 430 g/mol. The number of nitrogens with one attached hydrogen (secondary N) is 2. The van der Waals surface area contributed by atoms with Crippen LogP contribution in [0, 0.1) is 0 Å². The summed E-state index contributed by atoms with van der Waals surface area (Å²) in [6, 6.07) is 5.19. The second-order valence-electron chi connectivity index (χ2n) is 6.06. The Bertz CT molecular complexity index is 879. The molecule has 10 heteroatoms. The Labute approximate surface area is 168 Å². The predicted molar refractivity (Wildman–Crippen MR) is 105 cm³/mol. The fourth-order valence-electron chi connectivity index (χ4n) is 2.98. The number of fused-ring (bicyclic) bond motifs is 1. The van der Waals surface area contributed by atoms with Gasteiger partial charge < -0.3 is 20.1 Å². The molecule has 28 heavy (non-hydrogen) atoms. The first-order valence-corrected chi connectivity index (χ1v) is 9.66. The van der Waals surface area contributed by atoms with E-state index in [9.17, 15) is 18.0 Å². The van der Waals surface area contributed by atoms with Crippen LogP contribution in [0.4, 0.5) is 23.9 Å². The van der Waals surface area contributed by atoms with Crippen LogP contribution in [0.5, 0.6) is 5.75 Å². The third kappa shape index (κ3) is 4.93. The van der Waals surface area contributed by atoms with Gasteiger partial charge in [0.2, 0.25) is 0 Å². The number of esters is 1. The van der Waals surface area contributed by atoms with Crippen LogP contribution in [0.1, 0.15) is 33.6 Å². The molecule has 0 bridgehead atoms. The fourth-order valence-corrected chi connectivity index (χ4v) is 4.54. The van der Waals surface area contributed by atoms with E-state index in [1.165, 1.54) is 42.7 Å². The highest BCUT2D eigenvalue weighted by Crippen LogP contribution is 2.38. The van der Waals surface area contributed by atoms with Gasteiger partial charge in [-0.3, -0.25) is 0 Å². The summed E-state index contributed by atoms with van der Waals surface area (Å²) >= 11 is 6.75. The van der Waals surface area contributed by atoms with Crippen molar-refractivity contribution in [3.8, 4) is 5.75 Å². The second-order valence-corrected chi connectivity index (χ2v) is 7.57. The Kier molecular flexibility index (Phi) is 6.09. The molecule has 0 radical (unpaired) electrons. The Morgan fingerprint density at radius 2 is 1.82 bits per heavy atom. The van der Waals surface area contributed by atoms with Crippen LogP contribution in [0.3, 0.4) is 0 Å². The number of methoxy groups -OCH3 is 1. The average Bonchev–Trinajstić information content (AvgIpc) is 2.99. The van der Waals surface area contributed by atoms with Gasteiger partial charge in [-0.15, -0.1) is 24.5 Å². The molecule has 1 aliphatic rings. The van der Waals surface area contributed by atoms with E-state index in [0.29, 0.717) is 16.3 Å². The van der Waals surface area contributed by atoms with E-state index in [1.807, 2.05) is 0 Å². The predicted octanol–water partition coefficient (Wildman–Crippen LogP) is 5.12. The first-order chi connectivity index (χ1) is 13.3. The summed E-state index contributed by atoms with van der Waals surface area (Å²) in [5.74, 6) is -0.741. The van der Waals surface area contributed by atoms with Gasteiger partial charge in [-0.25, -0.2) is 4.79 Å². The SMILES string of the molecule is COC(=O)c1c(NC(=S)Nc2ccc(OC(F)(F)F)cc2)sc2c1CCCC2. The van der Waals surface area contributed by atoms with Crippen molar-refractivity contribution < 1.29 is 27.4 Å². The fraction of sp³-hybridized carbons (Fsp3) is 0.333. The Morgan fingerprint density at radius 1 is 1.14 bits per heavy atom. The van der Waals surface area contributed by atoms with E-state index >= 15 is 0 Å². The van der Waals surface area contributed by atoms with Crippen LogP contribution in [0.2, 0.25) is 0 Å². The Balaban J connectivity index is 1.71. The number of hydrogen-bond donors (Lipinski definition) is 2. The van der Waals surface area contributed by atoms with E-state index < -0.39 is 12.3 Å². The topological polar surface area (TPSA) is 59.6 Å². The zero-order valence-electron chi connectivity index (χ0n) is 14.8. The lowest BCUT2D eigenvalue weighted by molar-refractivity contribution is -0.274. The first-order valence-electron chi connectivity index (χ1n) is 8.43. The summed E-state index contributed by atoms with van der Waals surface area (Å²) in [4.78, 5) is 13.4. The molecule has 1 aromatic heterocycles. The van der Waals surface area contributed by atoms with Crippen LogP contribution in [-0.4, -0.2) is 24.6 Å². The smallest absolute Gasteiger partial charge is 0.465 e. The van der Waals surface area contributed by atoms with Gasteiger partial charge in [-0.1, -0.05) is 0 Å². The molecular formula is C18H17F3N2O3S2. The summed E-state index contributed by atoms with van der Waals surface area (Å²) in [6.07, 6.45) is -0.926. The zero-order valence-corrected chi connectivity index (χ0v) is 16.4. The summed E-state index contributed by atoms with van der Waals surface area (Å²) in [5, 5.41) is 6.71. The van der Waals surface area contributed by atoms with Crippen LogP contribution < -0.4 is 15.4 Å². The van der Waals surface area contributed by atoms with Crippen LogP contribution in [-0.2, 0) is 17.6 Å². The van der Waals surface area contributed by atoms with Gasteiger partial charge in [0, 0.05) is 10.6 Å². The molecule has 0 atom stereocenters. The molecule has 2 aromatic rings. The summed E-state index contributed by atoms with van der Waals surface area (Å²) in [5.41, 5.74) is 1.98. The maximum absolute atomic E-state index is 12.2. The van der Waals surface area contributed by atoms with Gasteiger partial charge >= 0.3 is 12.3 Å². The minimum atomic E-state index is -4.74. The number of thiophene rings is 1. The maximum atomic E-state index is 12.2. The number of carbonyl (C=O) groups is 1. The molecular weight excluding hydrogens is 413 g/mol. The van der Waals surface area contributed by atoms with Gasteiger partial charge in [0.05, 0.1) is 12.7 Å². The highest BCUT2D eigenvalue weighted by Gasteiger charge is 2.31. The number of hydrogen-bond acceptors (Lipinski definition) is 5. The number of rotatable bonds is 4. The summed E-state index contributed by atoms with van der Waals surface area (Å²) in [6.45, 7) is 0. The lowest BCUT2D eigenvalue weighted by Gasteiger charge is -2.13. The van der Waals surface area contributed by atoms with Gasteiger partial charge in [0.25, 0.3) is 0 Å². The molecule has 0 saturated carbocycles. The molecule has 2 N–H and O–H groups in total. The second kappa shape index (κ2) is 8.36. The van der Waals surface area contributed by atoms with Crippen LogP contribution in [0.25, 0.3) is 0 Å². The van der Waals surface area contributed by atoms with Gasteiger partial charge in [-0.05, 0) is 67.7 Å². The lowest BCUT2D eigenvalue weighted by atomic mass is 9.95. The van der Waals surface area contributed by atoms with E-state index in [4.69, 9.17) is 17.0 Å². The molecule has 0 saturated heterocycles. The Morgan fingerprint density at radius 3 is 2.46 bits per heavy atom. The van der Waals surface area contributed by atoms with Crippen LogP contribution >= 0.6 is 23.6 Å². The number of thiocarbonyl (C=S) groups is 1. The zero-order chi connectivity index (χ0) is 20.3. The third-order valence-electron chi connectivity index (χ3n) is 4.13. The van der Waals surface area contributed by atoms with Gasteiger partial charge in [0.15, 0.2) is 5.11 Å². The number of ether oxygens (including phenoxy) is 2. The number of carbonyl (C=O) groups excluding carboxylic acids is 1. The van der Waals surface area contributed by atoms with E-state index in [2.05, 4.69) is 15.4 Å². The molecule has 3 rings (SSSR count). The minimum absolute atomic E-state index is 0.216. The quantitative estimate of drug-likeness (QED) is 0.519. The van der Waals surface area contributed by atoms with E-state index in [-0.39, 0.29) is 10.9 Å². The normalized spacial score (nSPS) is 13.4. The maximum Gasteiger partial charge on any atom is 0.573 e. The van der Waals surface area contributed by atoms with Crippen molar-refractivity contribution in [2.45, 2.75) is 32.0 Å². The summed E-state index contributed by atoms with van der Waals surface area (Å²) < 4.78 is 45.4. The molecule has 1 aromatic carbocycles. The number of alkyl halides is 3. The van der Waals surface area contributed by atoms with Gasteiger partial charge in [-0.2, -0.15) is 0 Å². The van der Waals surface area contributed by atoms with Crippen molar-refractivity contribution in [1.82, 2.24) is 0 Å². The van der Waals surface area contributed by atoms with Crippen molar-refractivity contribution in [3.05, 3.63) is 40.3 Å². The molecule has 1 aliphatic carbocycles. The first kappa shape index (κ1) is 20.4. The third-order valence-corrected chi connectivity index (χ3v) is 5.55. The van der Waals surface area contributed by atoms with Crippen molar-refractivity contribution in [1.29, 1.82) is 0 Å². The van der Waals surface area contributed by atoms with Crippen molar-refractivity contribution >= 4 is 45.3 Å². The Hall–Kier alpha value is -2.33. The number of halogens is 3. The van der Waals surface area contributed by atoms with Crippen molar-refractivity contribution in [2.75, 3.05) is 17.7 Å². The largest absolute Gasteiger partial charge is 0.573 e. The van der Waals surface area contributed by atoms with E-state index in [0.717, 1.165) is 36.1 Å². The van der Waals surface area contributed by atoms with E-state index in [1.54, 1.807) is 0 Å². The molecule has 0 unspecified atom stereocenters.